The number of nitrogens with one attached hydrogen (secondary N) is 1. The molecule has 1 aliphatic heterocycles. The zero-order chi connectivity index (χ0) is 24.2. The summed E-state index contributed by atoms with van der Waals surface area (Å²) in [6.45, 7) is 3.80. The normalized spacial score (nSPS) is 14.0. The quantitative estimate of drug-likeness (QED) is 0.443. The van der Waals surface area contributed by atoms with E-state index in [0.29, 0.717) is 37.1 Å². The van der Waals surface area contributed by atoms with Gasteiger partial charge in [-0.3, -0.25) is 4.79 Å². The molecule has 3 amide bonds. The average Bonchev–Trinajstić information content (AvgIpc) is 3.39. The molecule has 2 aliphatic rings. The number of anilines is 1. The molecule has 8 heteroatoms. The minimum atomic E-state index is -0.244. The third-order valence-corrected chi connectivity index (χ3v) is 7.29. The molecular formula is C27H29N3O4S. The largest absolute Gasteiger partial charge is 0.454 e. The van der Waals surface area contributed by atoms with Crippen molar-refractivity contribution in [2.75, 3.05) is 25.2 Å². The average molecular weight is 492 g/mol. The molecule has 7 nitrogen and oxygen atoms in total. The van der Waals surface area contributed by atoms with Gasteiger partial charge >= 0.3 is 6.03 Å². The van der Waals surface area contributed by atoms with E-state index in [1.807, 2.05) is 58.8 Å². The van der Waals surface area contributed by atoms with E-state index in [4.69, 9.17) is 9.47 Å². The molecule has 1 N–H and O–H groups in total. The van der Waals surface area contributed by atoms with E-state index in [1.165, 1.54) is 0 Å². The number of ether oxygens (including phenoxy) is 2. The minimum Gasteiger partial charge on any atom is -0.454 e. The highest BCUT2D eigenvalue weighted by Gasteiger charge is 2.30. The summed E-state index contributed by atoms with van der Waals surface area (Å²) in [5.41, 5.74) is 2.84. The number of carbonyl (C=O) groups is 2. The van der Waals surface area contributed by atoms with Crippen molar-refractivity contribution < 1.29 is 19.1 Å². The van der Waals surface area contributed by atoms with E-state index < -0.39 is 0 Å². The number of aryl methyl sites for hydroxylation is 1. The number of hydrogen-bond acceptors (Lipinski definition) is 5. The molecule has 1 saturated carbocycles. The van der Waals surface area contributed by atoms with Gasteiger partial charge in [-0.05, 0) is 72.5 Å². The van der Waals surface area contributed by atoms with Gasteiger partial charge in [-0.1, -0.05) is 24.3 Å². The van der Waals surface area contributed by atoms with Crippen LogP contribution >= 0.6 is 11.3 Å². The maximum atomic E-state index is 13.6. The van der Waals surface area contributed by atoms with Crippen LogP contribution in [0, 0.1) is 12.8 Å². The number of para-hydroxylation sites is 1. The van der Waals surface area contributed by atoms with Crippen molar-refractivity contribution >= 4 is 29.0 Å². The molecule has 182 valence electrons. The van der Waals surface area contributed by atoms with E-state index in [0.717, 1.165) is 34.5 Å². The smallest absolute Gasteiger partial charge is 0.322 e. The van der Waals surface area contributed by atoms with E-state index in [-0.39, 0.29) is 25.3 Å². The first-order chi connectivity index (χ1) is 17.0. The number of fused-ring (bicyclic) bond motifs is 1. The van der Waals surface area contributed by atoms with Crippen molar-refractivity contribution in [2.24, 2.45) is 5.92 Å². The van der Waals surface area contributed by atoms with Crippen LogP contribution in [0.2, 0.25) is 0 Å². The fraction of sp³-hybridized carbons (Fsp3) is 0.333. The zero-order valence-electron chi connectivity index (χ0n) is 19.7. The van der Waals surface area contributed by atoms with Gasteiger partial charge in [-0.15, -0.1) is 11.3 Å². The lowest BCUT2D eigenvalue weighted by molar-refractivity contribution is -0.133. The molecule has 1 aromatic heterocycles. The summed E-state index contributed by atoms with van der Waals surface area (Å²) in [6, 6.07) is 16.9. The van der Waals surface area contributed by atoms with Crippen molar-refractivity contribution in [1.29, 1.82) is 0 Å². The first-order valence-electron chi connectivity index (χ1n) is 11.9. The number of urea groups is 1. The predicted molar refractivity (Wildman–Crippen MR) is 136 cm³/mol. The SMILES string of the molecule is Cc1ccsc1CN(Cc1ccc2c(c1)OCO2)C(=O)CN(CC1CC1)C(=O)Nc1ccccc1. The summed E-state index contributed by atoms with van der Waals surface area (Å²) in [5.74, 6) is 1.79. The number of hydrogen-bond donors (Lipinski definition) is 1. The first kappa shape index (κ1) is 23.2. The summed E-state index contributed by atoms with van der Waals surface area (Å²) < 4.78 is 10.9. The number of amides is 3. The second-order valence-electron chi connectivity index (χ2n) is 9.08. The molecule has 2 aromatic carbocycles. The summed E-state index contributed by atoms with van der Waals surface area (Å²) in [4.78, 5) is 31.4. The van der Waals surface area contributed by atoms with Gasteiger partial charge < -0.3 is 24.6 Å². The van der Waals surface area contributed by atoms with Gasteiger partial charge in [0.2, 0.25) is 12.7 Å². The number of thiophene rings is 1. The summed E-state index contributed by atoms with van der Waals surface area (Å²) in [6.07, 6.45) is 2.19. The Kier molecular flexibility index (Phi) is 6.90. The molecular weight excluding hydrogens is 462 g/mol. The first-order valence-corrected chi connectivity index (χ1v) is 12.7. The molecule has 35 heavy (non-hydrogen) atoms. The van der Waals surface area contributed by atoms with Crippen LogP contribution in [0.5, 0.6) is 11.5 Å². The third kappa shape index (κ3) is 5.95. The maximum Gasteiger partial charge on any atom is 0.322 e. The fourth-order valence-electron chi connectivity index (χ4n) is 4.05. The Morgan fingerprint density at radius 2 is 1.80 bits per heavy atom. The van der Waals surface area contributed by atoms with E-state index in [9.17, 15) is 9.59 Å². The van der Waals surface area contributed by atoms with Gasteiger partial charge in [-0.2, -0.15) is 0 Å². The van der Waals surface area contributed by atoms with Crippen LogP contribution in [0.3, 0.4) is 0 Å². The Balaban J connectivity index is 1.33. The van der Waals surface area contributed by atoms with E-state index in [1.54, 1.807) is 16.2 Å². The molecule has 5 rings (SSSR count). The monoisotopic (exact) mass is 491 g/mol. The number of nitrogens with zero attached hydrogens (tertiary/aromatic N) is 2. The van der Waals surface area contributed by atoms with E-state index >= 15 is 0 Å². The Labute approximate surface area is 209 Å². The van der Waals surface area contributed by atoms with Crippen molar-refractivity contribution in [3.63, 3.8) is 0 Å². The topological polar surface area (TPSA) is 71.1 Å². The number of rotatable bonds is 9. The molecule has 1 fully saturated rings. The third-order valence-electron chi connectivity index (χ3n) is 6.28. The molecule has 0 unspecified atom stereocenters. The van der Waals surface area contributed by atoms with Crippen LogP contribution in [0.1, 0.15) is 28.8 Å². The van der Waals surface area contributed by atoms with Crippen molar-refractivity contribution in [3.05, 3.63) is 76.0 Å². The maximum absolute atomic E-state index is 13.6. The lowest BCUT2D eigenvalue weighted by Gasteiger charge is -2.28. The standard InChI is InChI=1S/C27H29N3O4S/c1-19-11-12-35-25(19)16-29(15-21-9-10-23-24(13-21)34-18-33-23)26(31)17-30(14-20-7-8-20)27(32)28-22-5-3-2-4-6-22/h2-6,9-13,20H,7-8,14-18H2,1H3,(H,28,32). The van der Waals surface area contributed by atoms with Crippen LogP contribution < -0.4 is 14.8 Å². The Bertz CT molecular complexity index is 1190. The van der Waals surface area contributed by atoms with Crippen LogP contribution in [0.25, 0.3) is 0 Å². The Hall–Kier alpha value is -3.52. The fourth-order valence-corrected chi connectivity index (χ4v) is 4.97. The van der Waals surface area contributed by atoms with Crippen LogP contribution in [-0.2, 0) is 17.9 Å². The number of carbonyl (C=O) groups excluding carboxylic acids is 2. The second kappa shape index (κ2) is 10.4. The highest BCUT2D eigenvalue weighted by atomic mass is 32.1. The summed E-state index contributed by atoms with van der Waals surface area (Å²) in [5, 5.41) is 4.98. The second-order valence-corrected chi connectivity index (χ2v) is 10.1. The minimum absolute atomic E-state index is 0.0319. The molecule has 0 bridgehead atoms. The van der Waals surface area contributed by atoms with Gasteiger partial charge in [0.05, 0.1) is 6.54 Å². The molecule has 0 radical (unpaired) electrons. The molecule has 0 saturated heterocycles. The van der Waals surface area contributed by atoms with Gasteiger partial charge in [0.15, 0.2) is 11.5 Å². The van der Waals surface area contributed by atoms with Crippen LogP contribution in [0.15, 0.2) is 60.0 Å². The van der Waals surface area contributed by atoms with Crippen LogP contribution in [-0.4, -0.2) is 41.6 Å². The summed E-state index contributed by atoms with van der Waals surface area (Å²) >= 11 is 1.64. The lowest BCUT2D eigenvalue weighted by atomic mass is 10.1. The molecule has 1 aliphatic carbocycles. The predicted octanol–water partition coefficient (Wildman–Crippen LogP) is 5.26. The number of benzene rings is 2. The zero-order valence-corrected chi connectivity index (χ0v) is 20.6. The molecule has 3 aromatic rings. The van der Waals surface area contributed by atoms with Gasteiger partial charge in [-0.25, -0.2) is 4.79 Å². The highest BCUT2D eigenvalue weighted by molar-refractivity contribution is 7.10. The molecule has 0 atom stereocenters. The summed E-state index contributed by atoms with van der Waals surface area (Å²) in [7, 11) is 0. The highest BCUT2D eigenvalue weighted by Crippen LogP contribution is 2.33. The van der Waals surface area contributed by atoms with Gasteiger partial charge in [0.25, 0.3) is 0 Å². The molecule has 0 spiro atoms. The Morgan fingerprint density at radius 3 is 2.54 bits per heavy atom. The lowest BCUT2D eigenvalue weighted by Crippen LogP contribution is -2.45. The van der Waals surface area contributed by atoms with Gasteiger partial charge in [0.1, 0.15) is 6.54 Å². The molecule has 2 heterocycles. The van der Waals surface area contributed by atoms with Crippen molar-refractivity contribution in [2.45, 2.75) is 32.9 Å². The van der Waals surface area contributed by atoms with E-state index in [2.05, 4.69) is 18.3 Å². The van der Waals surface area contributed by atoms with Crippen molar-refractivity contribution in [1.82, 2.24) is 9.80 Å². The van der Waals surface area contributed by atoms with Gasteiger partial charge in [0, 0.05) is 23.7 Å². The van der Waals surface area contributed by atoms with Crippen molar-refractivity contribution in [3.8, 4) is 11.5 Å². The Morgan fingerprint density at radius 1 is 1.00 bits per heavy atom. The van der Waals surface area contributed by atoms with Crippen LogP contribution in [0.4, 0.5) is 10.5 Å².